The zero-order valence-electron chi connectivity index (χ0n) is 8.68. The van der Waals surface area contributed by atoms with Crippen LogP contribution in [0.25, 0.3) is 0 Å². The zero-order valence-corrected chi connectivity index (χ0v) is 8.68. The first-order valence-electron chi connectivity index (χ1n) is 4.74. The van der Waals surface area contributed by atoms with E-state index in [1.807, 2.05) is 13.8 Å². The first-order chi connectivity index (χ1) is 6.82. The minimum absolute atomic E-state index is 0.104. The minimum atomic E-state index is -4.38. The third kappa shape index (κ3) is 2.96. The van der Waals surface area contributed by atoms with E-state index in [2.05, 4.69) is 0 Å². The fourth-order valence-corrected chi connectivity index (χ4v) is 1.28. The molecule has 0 radical (unpaired) electrons. The largest absolute Gasteiger partial charge is 0.407 e. The van der Waals surface area contributed by atoms with Crippen LogP contribution in [0.1, 0.15) is 36.9 Å². The van der Waals surface area contributed by atoms with Gasteiger partial charge in [-0.3, -0.25) is 0 Å². The second-order valence-corrected chi connectivity index (χ2v) is 3.84. The summed E-state index contributed by atoms with van der Waals surface area (Å²) in [4.78, 5) is 0. The maximum Gasteiger partial charge on any atom is 0.407 e. The molecule has 1 atom stereocenters. The first-order valence-corrected chi connectivity index (χ1v) is 4.74. The molecule has 0 aromatic heterocycles. The molecule has 0 saturated heterocycles. The number of hydrogen-bond acceptors (Lipinski definition) is 1. The summed E-state index contributed by atoms with van der Waals surface area (Å²) in [6, 6.07) is 4.36. The van der Waals surface area contributed by atoms with Gasteiger partial charge < -0.3 is 5.73 Å². The molecule has 0 saturated carbocycles. The molecule has 1 aromatic rings. The van der Waals surface area contributed by atoms with E-state index in [9.17, 15) is 13.2 Å². The van der Waals surface area contributed by atoms with Crippen molar-refractivity contribution in [3.63, 3.8) is 0 Å². The van der Waals surface area contributed by atoms with Gasteiger partial charge in [0.25, 0.3) is 0 Å². The number of hydrogen-bond donors (Lipinski definition) is 1. The van der Waals surface area contributed by atoms with Crippen molar-refractivity contribution in [3.8, 4) is 0 Å². The Morgan fingerprint density at radius 3 is 1.73 bits per heavy atom. The smallest absolute Gasteiger partial charge is 0.316 e. The van der Waals surface area contributed by atoms with Gasteiger partial charge in [0.15, 0.2) is 0 Å². The number of nitrogens with two attached hydrogens (primary N) is 1. The first kappa shape index (κ1) is 12.0. The average Bonchev–Trinajstić information content (AvgIpc) is 2.15. The summed E-state index contributed by atoms with van der Waals surface area (Å²) in [6.45, 7) is 3.97. The summed E-state index contributed by atoms with van der Waals surface area (Å²) in [5.41, 5.74) is 6.18. The Morgan fingerprint density at radius 1 is 1.00 bits per heavy atom. The molecule has 0 aliphatic heterocycles. The molecule has 2 N–H and O–H groups in total. The lowest BCUT2D eigenvalue weighted by Gasteiger charge is -2.16. The third-order valence-corrected chi connectivity index (χ3v) is 2.31. The lowest BCUT2D eigenvalue weighted by Crippen LogP contribution is -2.28. The van der Waals surface area contributed by atoms with Crippen molar-refractivity contribution in [1.82, 2.24) is 0 Å². The molecule has 1 aromatic carbocycles. The molecule has 0 bridgehead atoms. The summed E-state index contributed by atoms with van der Waals surface area (Å²) < 4.78 is 36.8. The second kappa shape index (κ2) is 4.23. The van der Waals surface area contributed by atoms with Gasteiger partial charge in [-0.05, 0) is 17.0 Å². The highest BCUT2D eigenvalue weighted by Crippen LogP contribution is 2.30. The van der Waals surface area contributed by atoms with Gasteiger partial charge in [0.05, 0.1) is 0 Å². The van der Waals surface area contributed by atoms with Crippen LogP contribution in [-0.2, 0) is 0 Å². The van der Waals surface area contributed by atoms with Crippen LogP contribution in [0.2, 0.25) is 0 Å². The van der Waals surface area contributed by atoms with Gasteiger partial charge in [-0.25, -0.2) is 0 Å². The number of rotatable bonds is 2. The van der Waals surface area contributed by atoms with E-state index < -0.39 is 12.2 Å². The van der Waals surface area contributed by atoms with Gasteiger partial charge >= 0.3 is 6.18 Å². The molecule has 0 amide bonds. The lowest BCUT2D eigenvalue weighted by molar-refractivity contribution is -0.149. The van der Waals surface area contributed by atoms with Crippen molar-refractivity contribution in [2.45, 2.75) is 32.0 Å². The van der Waals surface area contributed by atoms with Gasteiger partial charge in [-0.2, -0.15) is 13.2 Å². The molecule has 84 valence electrons. The molecule has 0 heterocycles. The highest BCUT2D eigenvalue weighted by atomic mass is 19.4. The van der Waals surface area contributed by atoms with Gasteiger partial charge in [0, 0.05) is 0 Å². The monoisotopic (exact) mass is 217 g/mol. The van der Waals surface area contributed by atoms with Crippen LogP contribution in [0.4, 0.5) is 13.2 Å². The fraction of sp³-hybridized carbons (Fsp3) is 0.455. The molecule has 1 rings (SSSR count). The molecule has 15 heavy (non-hydrogen) atoms. The maximum atomic E-state index is 12.3. The number of alkyl halides is 3. The Balaban J connectivity index is 2.89. The SMILES string of the molecule is CC(C)c1ccc([C@@H](N)C(F)(F)F)cc1. The Kier molecular flexibility index (Phi) is 3.39. The van der Waals surface area contributed by atoms with Crippen molar-refractivity contribution < 1.29 is 13.2 Å². The zero-order chi connectivity index (χ0) is 11.6. The molecule has 0 aliphatic carbocycles. The van der Waals surface area contributed by atoms with E-state index in [1.165, 1.54) is 12.1 Å². The van der Waals surface area contributed by atoms with E-state index in [1.54, 1.807) is 12.1 Å². The van der Waals surface area contributed by atoms with Crippen molar-refractivity contribution in [2.75, 3.05) is 0 Å². The van der Waals surface area contributed by atoms with Gasteiger partial charge in [-0.15, -0.1) is 0 Å². The van der Waals surface area contributed by atoms with Crippen LogP contribution in [-0.4, -0.2) is 6.18 Å². The Morgan fingerprint density at radius 2 is 1.40 bits per heavy atom. The molecule has 4 heteroatoms. The van der Waals surface area contributed by atoms with Crippen LogP contribution >= 0.6 is 0 Å². The molecule has 0 unspecified atom stereocenters. The van der Waals surface area contributed by atoms with Crippen molar-refractivity contribution >= 4 is 0 Å². The number of benzene rings is 1. The van der Waals surface area contributed by atoms with Gasteiger partial charge in [-0.1, -0.05) is 38.1 Å². The van der Waals surface area contributed by atoms with Gasteiger partial charge in [0.1, 0.15) is 6.04 Å². The molecular formula is C11H14F3N. The average molecular weight is 217 g/mol. The summed E-state index contributed by atoms with van der Waals surface area (Å²) in [7, 11) is 0. The molecule has 0 fully saturated rings. The Hall–Kier alpha value is -1.03. The van der Waals surface area contributed by atoms with Crippen LogP contribution in [0.3, 0.4) is 0 Å². The third-order valence-electron chi connectivity index (χ3n) is 2.31. The molecular weight excluding hydrogens is 203 g/mol. The van der Waals surface area contributed by atoms with Crippen LogP contribution in [0.5, 0.6) is 0 Å². The topological polar surface area (TPSA) is 26.0 Å². The van der Waals surface area contributed by atoms with Crippen molar-refractivity contribution in [3.05, 3.63) is 35.4 Å². The summed E-state index contributed by atoms with van der Waals surface area (Å²) >= 11 is 0. The molecule has 0 aliphatic rings. The highest BCUT2D eigenvalue weighted by molar-refractivity contribution is 5.27. The minimum Gasteiger partial charge on any atom is -0.316 e. The predicted molar refractivity (Wildman–Crippen MR) is 53.5 cm³/mol. The van der Waals surface area contributed by atoms with Crippen LogP contribution < -0.4 is 5.73 Å². The Labute approximate surface area is 87.1 Å². The lowest BCUT2D eigenvalue weighted by atomic mass is 9.99. The van der Waals surface area contributed by atoms with Crippen molar-refractivity contribution in [2.24, 2.45) is 5.73 Å². The summed E-state index contributed by atoms with van der Waals surface area (Å²) in [6.07, 6.45) is -4.38. The number of halogens is 3. The van der Waals surface area contributed by atoms with E-state index in [-0.39, 0.29) is 5.56 Å². The fourth-order valence-electron chi connectivity index (χ4n) is 1.28. The maximum absolute atomic E-state index is 12.3. The van der Waals surface area contributed by atoms with E-state index in [4.69, 9.17) is 5.73 Å². The summed E-state index contributed by atoms with van der Waals surface area (Å²) in [5.74, 6) is 0.307. The quantitative estimate of drug-likeness (QED) is 0.807. The highest BCUT2D eigenvalue weighted by Gasteiger charge is 2.37. The van der Waals surface area contributed by atoms with E-state index in [0.717, 1.165) is 5.56 Å². The molecule has 1 nitrogen and oxygen atoms in total. The van der Waals surface area contributed by atoms with Gasteiger partial charge in [0.2, 0.25) is 0 Å². The second-order valence-electron chi connectivity index (χ2n) is 3.84. The normalized spacial score (nSPS) is 14.3. The predicted octanol–water partition coefficient (Wildman–Crippen LogP) is 3.37. The standard InChI is InChI=1S/C11H14F3N/c1-7(2)8-3-5-9(6-4-8)10(15)11(12,13)14/h3-7,10H,15H2,1-2H3/t10-/m1/s1. The van der Waals surface area contributed by atoms with Crippen LogP contribution in [0.15, 0.2) is 24.3 Å². The summed E-state index contributed by atoms with van der Waals surface area (Å²) in [5, 5.41) is 0. The molecule has 0 spiro atoms. The van der Waals surface area contributed by atoms with E-state index in [0.29, 0.717) is 5.92 Å². The Bertz CT molecular complexity index is 314. The van der Waals surface area contributed by atoms with Crippen molar-refractivity contribution in [1.29, 1.82) is 0 Å². The van der Waals surface area contributed by atoms with Crippen LogP contribution in [0, 0.1) is 0 Å². The van der Waals surface area contributed by atoms with E-state index >= 15 is 0 Å².